The Morgan fingerprint density at radius 1 is 1.44 bits per heavy atom. The summed E-state index contributed by atoms with van der Waals surface area (Å²) >= 11 is 0.969. The van der Waals surface area contributed by atoms with Gasteiger partial charge in [0.2, 0.25) is 0 Å². The topological polar surface area (TPSA) is 86.3 Å². The van der Waals surface area contributed by atoms with Gasteiger partial charge in [0.15, 0.2) is 0 Å². The molecule has 6 nitrogen and oxygen atoms in total. The number of nitrogens with zero attached hydrogens (tertiary/aromatic N) is 2. The number of nitrogens with one attached hydrogen (secondary N) is 1. The van der Waals surface area contributed by atoms with Crippen LogP contribution in [0.25, 0.3) is 0 Å². The SMILES string of the molecule is CN(Cc1ncc[nH]1)C(=O)c1ccc(C(=O)O)s1. The van der Waals surface area contributed by atoms with Crippen molar-refractivity contribution in [3.8, 4) is 0 Å². The van der Waals surface area contributed by atoms with E-state index in [0.29, 0.717) is 17.2 Å². The molecule has 0 unspecified atom stereocenters. The maximum absolute atomic E-state index is 12.0. The summed E-state index contributed by atoms with van der Waals surface area (Å²) in [5.41, 5.74) is 0. The van der Waals surface area contributed by atoms with Gasteiger partial charge in [-0.25, -0.2) is 9.78 Å². The summed E-state index contributed by atoms with van der Waals surface area (Å²) in [6.07, 6.45) is 3.29. The molecule has 2 rings (SSSR count). The third-order valence-corrected chi connectivity index (χ3v) is 3.38. The van der Waals surface area contributed by atoms with E-state index in [4.69, 9.17) is 5.11 Å². The predicted molar refractivity (Wildman–Crippen MR) is 65.7 cm³/mol. The molecule has 0 fully saturated rings. The van der Waals surface area contributed by atoms with E-state index in [2.05, 4.69) is 9.97 Å². The van der Waals surface area contributed by atoms with Crippen molar-refractivity contribution in [2.75, 3.05) is 7.05 Å². The molecular formula is C11H11N3O3S. The lowest BCUT2D eigenvalue weighted by atomic mass is 10.4. The van der Waals surface area contributed by atoms with Gasteiger partial charge in [-0.1, -0.05) is 0 Å². The van der Waals surface area contributed by atoms with Crippen molar-refractivity contribution in [2.24, 2.45) is 0 Å². The quantitative estimate of drug-likeness (QED) is 0.875. The zero-order valence-corrected chi connectivity index (χ0v) is 10.4. The van der Waals surface area contributed by atoms with Crippen LogP contribution in [-0.2, 0) is 6.54 Å². The third kappa shape index (κ3) is 2.57. The van der Waals surface area contributed by atoms with E-state index in [9.17, 15) is 9.59 Å². The number of aromatic amines is 1. The summed E-state index contributed by atoms with van der Waals surface area (Å²) < 4.78 is 0. The number of hydrogen-bond donors (Lipinski definition) is 2. The first-order valence-corrected chi connectivity index (χ1v) is 5.96. The highest BCUT2D eigenvalue weighted by molar-refractivity contribution is 7.15. The number of H-pyrrole nitrogens is 1. The number of carboxylic acids is 1. The molecule has 0 spiro atoms. The summed E-state index contributed by atoms with van der Waals surface area (Å²) in [6, 6.07) is 2.95. The van der Waals surface area contributed by atoms with Gasteiger partial charge in [-0.05, 0) is 12.1 Å². The summed E-state index contributed by atoms with van der Waals surface area (Å²) in [7, 11) is 1.64. The van der Waals surface area contributed by atoms with E-state index < -0.39 is 5.97 Å². The Bertz CT molecular complexity index is 562. The van der Waals surface area contributed by atoms with Crippen LogP contribution in [0.3, 0.4) is 0 Å². The number of imidazole rings is 1. The van der Waals surface area contributed by atoms with Crippen LogP contribution < -0.4 is 0 Å². The van der Waals surface area contributed by atoms with Gasteiger partial charge in [0, 0.05) is 19.4 Å². The molecular weight excluding hydrogens is 254 g/mol. The number of carbonyl (C=O) groups is 2. The third-order valence-electron chi connectivity index (χ3n) is 2.32. The second kappa shape index (κ2) is 5.01. The molecule has 2 aromatic heterocycles. The highest BCUT2D eigenvalue weighted by Crippen LogP contribution is 2.18. The first-order chi connectivity index (χ1) is 8.58. The van der Waals surface area contributed by atoms with Gasteiger partial charge in [-0.3, -0.25) is 4.79 Å². The molecule has 2 aromatic rings. The fourth-order valence-electron chi connectivity index (χ4n) is 1.44. The van der Waals surface area contributed by atoms with Gasteiger partial charge < -0.3 is 15.0 Å². The molecule has 2 heterocycles. The van der Waals surface area contributed by atoms with Gasteiger partial charge in [0.1, 0.15) is 10.7 Å². The molecule has 2 N–H and O–H groups in total. The Kier molecular flexibility index (Phi) is 3.42. The Balaban J connectivity index is 2.08. The molecule has 0 atom stereocenters. The molecule has 0 bridgehead atoms. The van der Waals surface area contributed by atoms with E-state index in [0.717, 1.165) is 11.3 Å². The summed E-state index contributed by atoms with van der Waals surface area (Å²) in [4.78, 5) is 31.7. The number of aromatic nitrogens is 2. The Morgan fingerprint density at radius 3 is 2.72 bits per heavy atom. The molecule has 0 aromatic carbocycles. The molecule has 7 heteroatoms. The number of thiophene rings is 1. The fourth-order valence-corrected chi connectivity index (χ4v) is 2.28. The largest absolute Gasteiger partial charge is 0.477 e. The van der Waals surface area contributed by atoms with Crippen molar-refractivity contribution in [2.45, 2.75) is 6.54 Å². The Hall–Kier alpha value is -2.15. The molecule has 18 heavy (non-hydrogen) atoms. The first kappa shape index (κ1) is 12.3. The van der Waals surface area contributed by atoms with Crippen molar-refractivity contribution in [3.63, 3.8) is 0 Å². The minimum absolute atomic E-state index is 0.157. The highest BCUT2D eigenvalue weighted by atomic mass is 32.1. The summed E-state index contributed by atoms with van der Waals surface area (Å²) in [5, 5.41) is 8.80. The van der Waals surface area contributed by atoms with Crippen molar-refractivity contribution >= 4 is 23.2 Å². The molecule has 1 amide bonds. The maximum atomic E-state index is 12.0. The molecule has 94 valence electrons. The fraction of sp³-hybridized carbons (Fsp3) is 0.182. The maximum Gasteiger partial charge on any atom is 0.345 e. The second-order valence-electron chi connectivity index (χ2n) is 3.67. The van der Waals surface area contributed by atoms with Crippen molar-refractivity contribution in [1.29, 1.82) is 0 Å². The van der Waals surface area contributed by atoms with Gasteiger partial charge in [-0.15, -0.1) is 11.3 Å². The van der Waals surface area contributed by atoms with Crippen LogP contribution in [-0.4, -0.2) is 38.9 Å². The van der Waals surface area contributed by atoms with Crippen LogP contribution in [0.5, 0.6) is 0 Å². The summed E-state index contributed by atoms with van der Waals surface area (Å²) in [6.45, 7) is 0.353. The van der Waals surface area contributed by atoms with E-state index in [-0.39, 0.29) is 10.8 Å². The number of amides is 1. The van der Waals surface area contributed by atoms with Crippen molar-refractivity contribution < 1.29 is 14.7 Å². The monoisotopic (exact) mass is 265 g/mol. The van der Waals surface area contributed by atoms with E-state index in [1.165, 1.54) is 17.0 Å². The normalized spacial score (nSPS) is 10.3. The van der Waals surface area contributed by atoms with Crippen LogP contribution in [0.1, 0.15) is 25.2 Å². The van der Waals surface area contributed by atoms with Gasteiger partial charge in [-0.2, -0.15) is 0 Å². The van der Waals surface area contributed by atoms with Crippen LogP contribution in [0.4, 0.5) is 0 Å². The molecule has 0 aliphatic carbocycles. The van der Waals surface area contributed by atoms with Crippen LogP contribution >= 0.6 is 11.3 Å². The zero-order chi connectivity index (χ0) is 13.1. The van der Waals surface area contributed by atoms with E-state index >= 15 is 0 Å². The van der Waals surface area contributed by atoms with Crippen molar-refractivity contribution in [3.05, 3.63) is 40.1 Å². The molecule has 0 saturated heterocycles. The number of aromatic carboxylic acids is 1. The minimum Gasteiger partial charge on any atom is -0.477 e. The van der Waals surface area contributed by atoms with Gasteiger partial charge in [0.05, 0.1) is 11.4 Å². The molecule has 0 aliphatic heterocycles. The Morgan fingerprint density at radius 2 is 2.17 bits per heavy atom. The lowest BCUT2D eigenvalue weighted by Crippen LogP contribution is -2.25. The van der Waals surface area contributed by atoms with Crippen molar-refractivity contribution in [1.82, 2.24) is 14.9 Å². The average Bonchev–Trinajstić information content (AvgIpc) is 2.98. The number of hydrogen-bond acceptors (Lipinski definition) is 4. The minimum atomic E-state index is -1.02. The standard InChI is InChI=1S/C11H11N3O3S/c1-14(6-9-12-4-5-13-9)10(15)7-2-3-8(18-7)11(16)17/h2-5H,6H2,1H3,(H,12,13)(H,16,17). The molecule has 0 radical (unpaired) electrons. The van der Waals surface area contributed by atoms with E-state index in [1.807, 2.05) is 0 Å². The average molecular weight is 265 g/mol. The lowest BCUT2D eigenvalue weighted by Gasteiger charge is -2.14. The van der Waals surface area contributed by atoms with Crippen LogP contribution in [0.2, 0.25) is 0 Å². The number of carboxylic acid groups (broad SMARTS) is 1. The predicted octanol–water partition coefficient (Wildman–Crippen LogP) is 1.44. The molecule has 0 aliphatic rings. The van der Waals surface area contributed by atoms with Gasteiger partial charge >= 0.3 is 5.97 Å². The van der Waals surface area contributed by atoms with E-state index in [1.54, 1.807) is 19.4 Å². The smallest absolute Gasteiger partial charge is 0.345 e. The van der Waals surface area contributed by atoms with Crippen LogP contribution in [0.15, 0.2) is 24.5 Å². The second-order valence-corrected chi connectivity index (χ2v) is 4.75. The number of carbonyl (C=O) groups excluding carboxylic acids is 1. The number of rotatable bonds is 4. The lowest BCUT2D eigenvalue weighted by molar-refractivity contribution is 0.0701. The Labute approximate surface area is 107 Å². The van der Waals surface area contributed by atoms with Gasteiger partial charge in [0.25, 0.3) is 5.91 Å². The highest BCUT2D eigenvalue weighted by Gasteiger charge is 2.17. The van der Waals surface area contributed by atoms with Crippen LogP contribution in [0, 0.1) is 0 Å². The first-order valence-electron chi connectivity index (χ1n) is 5.15. The zero-order valence-electron chi connectivity index (χ0n) is 9.58. The summed E-state index contributed by atoms with van der Waals surface area (Å²) in [5.74, 6) is -0.558. The molecule has 0 saturated carbocycles.